The normalized spacial score (nSPS) is 21.4. The first-order valence-electron chi connectivity index (χ1n) is 9.77. The molecular weight excluding hydrogens is 396 g/mol. The van der Waals surface area contributed by atoms with Crippen LogP contribution in [0.5, 0.6) is 11.6 Å². The second-order valence-corrected chi connectivity index (χ2v) is 9.51. The van der Waals surface area contributed by atoms with E-state index in [2.05, 4.69) is 39.7 Å². The average Bonchev–Trinajstić information content (AvgIpc) is 3.00. The molecule has 152 valence electrons. The van der Waals surface area contributed by atoms with Crippen LogP contribution >= 0.6 is 11.6 Å². The summed E-state index contributed by atoms with van der Waals surface area (Å²) in [6, 6.07) is 12.8. The molecule has 0 spiro atoms. The number of aromatic nitrogens is 1. The number of nitrogens with zero attached hydrogens (tertiary/aromatic N) is 2. The maximum Gasteiger partial charge on any atom is 0.199 e. The lowest BCUT2D eigenvalue weighted by molar-refractivity contribution is -0.188. The SMILES string of the molecule is C#Cc1ccc2c(O)n([C@H]3C(C)(C)[C@H](Oc4ccc(C#N)c(Cl)c4)C3(C)C)cc2c1. The van der Waals surface area contributed by atoms with Crippen LogP contribution in [0.25, 0.3) is 10.8 Å². The topological polar surface area (TPSA) is 58.2 Å². The number of fused-ring (bicyclic) bond motifs is 1. The molecule has 4 nitrogen and oxygen atoms in total. The van der Waals surface area contributed by atoms with Gasteiger partial charge in [0.25, 0.3) is 0 Å². The number of benzene rings is 2. The molecule has 1 aromatic heterocycles. The van der Waals surface area contributed by atoms with Crippen molar-refractivity contribution in [1.29, 1.82) is 5.26 Å². The van der Waals surface area contributed by atoms with Crippen LogP contribution in [-0.4, -0.2) is 15.8 Å². The summed E-state index contributed by atoms with van der Waals surface area (Å²) in [5.41, 5.74) is 0.659. The summed E-state index contributed by atoms with van der Waals surface area (Å²) in [6.07, 6.45) is 7.37. The second kappa shape index (κ2) is 6.73. The second-order valence-electron chi connectivity index (χ2n) is 9.10. The molecule has 1 heterocycles. The van der Waals surface area contributed by atoms with Gasteiger partial charge >= 0.3 is 0 Å². The predicted octanol–water partition coefficient (Wildman–Crippen LogP) is 5.91. The van der Waals surface area contributed by atoms with Gasteiger partial charge in [-0.15, -0.1) is 6.42 Å². The van der Waals surface area contributed by atoms with E-state index >= 15 is 0 Å². The van der Waals surface area contributed by atoms with E-state index in [0.29, 0.717) is 16.3 Å². The summed E-state index contributed by atoms with van der Waals surface area (Å²) in [4.78, 5) is 0. The van der Waals surface area contributed by atoms with Crippen LogP contribution in [0.1, 0.15) is 44.9 Å². The van der Waals surface area contributed by atoms with Gasteiger partial charge in [0, 0.05) is 39.4 Å². The van der Waals surface area contributed by atoms with Gasteiger partial charge < -0.3 is 14.4 Å². The number of hydrogen-bond acceptors (Lipinski definition) is 3. The summed E-state index contributed by atoms with van der Waals surface area (Å²) in [7, 11) is 0. The Kier molecular flexibility index (Phi) is 4.53. The van der Waals surface area contributed by atoms with Gasteiger partial charge in [0.1, 0.15) is 17.9 Å². The molecule has 0 aliphatic heterocycles. The largest absolute Gasteiger partial charge is 0.494 e. The van der Waals surface area contributed by atoms with Crippen molar-refractivity contribution in [2.45, 2.75) is 39.8 Å². The minimum atomic E-state index is -0.272. The molecule has 1 saturated carbocycles. The summed E-state index contributed by atoms with van der Waals surface area (Å²) < 4.78 is 8.29. The third-order valence-electron chi connectivity index (χ3n) is 6.34. The van der Waals surface area contributed by atoms with Crippen LogP contribution in [0.4, 0.5) is 0 Å². The number of halogens is 1. The Labute approximate surface area is 181 Å². The number of ether oxygens (including phenoxy) is 1. The van der Waals surface area contributed by atoms with Gasteiger partial charge in [-0.2, -0.15) is 5.26 Å². The molecule has 30 heavy (non-hydrogen) atoms. The van der Waals surface area contributed by atoms with Gasteiger partial charge in [-0.3, -0.25) is 0 Å². The van der Waals surface area contributed by atoms with Gasteiger partial charge in [-0.05, 0) is 30.3 Å². The van der Waals surface area contributed by atoms with E-state index < -0.39 is 0 Å². The summed E-state index contributed by atoms with van der Waals surface area (Å²) >= 11 is 6.18. The Balaban J connectivity index is 1.70. The minimum Gasteiger partial charge on any atom is -0.494 e. The van der Waals surface area contributed by atoms with Crippen molar-refractivity contribution in [3.05, 3.63) is 58.7 Å². The molecule has 0 saturated heterocycles. The van der Waals surface area contributed by atoms with Crippen LogP contribution in [-0.2, 0) is 0 Å². The highest BCUT2D eigenvalue weighted by Crippen LogP contribution is 2.64. The highest BCUT2D eigenvalue weighted by molar-refractivity contribution is 6.31. The van der Waals surface area contributed by atoms with Crippen molar-refractivity contribution in [1.82, 2.24) is 4.57 Å². The van der Waals surface area contributed by atoms with Gasteiger partial charge in [0.05, 0.1) is 16.6 Å². The van der Waals surface area contributed by atoms with Gasteiger partial charge in [0.15, 0.2) is 5.88 Å². The quantitative estimate of drug-likeness (QED) is 0.538. The molecule has 0 unspecified atom stereocenters. The highest BCUT2D eigenvalue weighted by Gasteiger charge is 2.64. The Morgan fingerprint density at radius 2 is 1.83 bits per heavy atom. The molecule has 2 aromatic carbocycles. The van der Waals surface area contributed by atoms with Crippen LogP contribution < -0.4 is 4.74 Å². The van der Waals surface area contributed by atoms with Gasteiger partial charge in [-0.25, -0.2) is 0 Å². The van der Waals surface area contributed by atoms with E-state index in [1.54, 1.807) is 18.2 Å². The Bertz CT molecular complexity index is 1220. The summed E-state index contributed by atoms with van der Waals surface area (Å²) in [5, 5.41) is 22.1. The fourth-order valence-electron chi connectivity index (χ4n) is 5.43. The molecule has 0 amide bonds. The first kappa shape index (κ1) is 20.2. The monoisotopic (exact) mass is 418 g/mol. The van der Waals surface area contributed by atoms with E-state index in [9.17, 15) is 5.11 Å². The van der Waals surface area contributed by atoms with E-state index in [0.717, 1.165) is 16.3 Å². The molecule has 1 aliphatic rings. The first-order valence-corrected chi connectivity index (χ1v) is 10.2. The molecule has 1 N–H and O–H groups in total. The lowest BCUT2D eigenvalue weighted by Gasteiger charge is -2.63. The third kappa shape index (κ3) is 2.83. The van der Waals surface area contributed by atoms with Gasteiger partial charge in [-0.1, -0.05) is 45.2 Å². The molecule has 4 rings (SSSR count). The molecular formula is C25H23ClN2O2. The maximum absolute atomic E-state index is 10.9. The van der Waals surface area contributed by atoms with Crippen LogP contribution in [0, 0.1) is 34.5 Å². The number of terminal acetylenes is 1. The highest BCUT2D eigenvalue weighted by atomic mass is 35.5. The van der Waals surface area contributed by atoms with Crippen LogP contribution in [0.15, 0.2) is 42.6 Å². The fraction of sp³-hybridized carbons (Fsp3) is 0.320. The number of hydrogen-bond donors (Lipinski definition) is 1. The van der Waals surface area contributed by atoms with Gasteiger partial charge in [0.2, 0.25) is 0 Å². The number of nitriles is 1. The zero-order valence-corrected chi connectivity index (χ0v) is 18.2. The molecule has 0 bridgehead atoms. The lowest BCUT2D eigenvalue weighted by atomic mass is 9.49. The fourth-order valence-corrected chi connectivity index (χ4v) is 5.65. The van der Waals surface area contributed by atoms with Crippen molar-refractivity contribution >= 4 is 22.4 Å². The smallest absolute Gasteiger partial charge is 0.199 e. The van der Waals surface area contributed by atoms with Crippen molar-refractivity contribution in [2.24, 2.45) is 10.8 Å². The van der Waals surface area contributed by atoms with Crippen LogP contribution in [0.3, 0.4) is 0 Å². The number of rotatable bonds is 3. The summed E-state index contributed by atoms with van der Waals surface area (Å²) in [5.74, 6) is 3.51. The Hall–Kier alpha value is -3.08. The number of aromatic hydroxyl groups is 1. The molecule has 0 radical (unpaired) electrons. The van der Waals surface area contributed by atoms with Crippen LogP contribution in [0.2, 0.25) is 5.02 Å². The predicted molar refractivity (Wildman–Crippen MR) is 119 cm³/mol. The molecule has 0 atom stereocenters. The minimum absolute atomic E-state index is 0.00513. The Morgan fingerprint density at radius 1 is 1.13 bits per heavy atom. The first-order chi connectivity index (χ1) is 14.1. The van der Waals surface area contributed by atoms with E-state index in [1.165, 1.54) is 0 Å². The van der Waals surface area contributed by atoms with E-state index in [-0.39, 0.29) is 28.9 Å². The maximum atomic E-state index is 10.9. The molecule has 5 heteroatoms. The van der Waals surface area contributed by atoms with E-state index in [4.69, 9.17) is 28.0 Å². The third-order valence-corrected chi connectivity index (χ3v) is 6.65. The lowest BCUT2D eigenvalue weighted by Crippen LogP contribution is -2.66. The zero-order chi connectivity index (χ0) is 21.8. The molecule has 1 fully saturated rings. The standard InChI is InChI=1S/C25H23ClN2O2/c1-6-15-7-10-19-17(11-15)14-28(21(19)29)22-24(2,3)23(25(22,4)5)30-18-9-8-16(13-27)20(26)12-18/h1,7-12,14,22-23,29H,2-5H3/t22-,23-. The van der Waals surface area contributed by atoms with Crippen molar-refractivity contribution < 1.29 is 9.84 Å². The van der Waals surface area contributed by atoms with Crippen molar-refractivity contribution in [2.75, 3.05) is 0 Å². The van der Waals surface area contributed by atoms with Crippen molar-refractivity contribution in [3.8, 4) is 30.0 Å². The molecule has 3 aromatic rings. The zero-order valence-electron chi connectivity index (χ0n) is 17.4. The average molecular weight is 419 g/mol. The summed E-state index contributed by atoms with van der Waals surface area (Å²) in [6.45, 7) is 8.54. The van der Waals surface area contributed by atoms with Crippen molar-refractivity contribution in [3.63, 3.8) is 0 Å². The molecule has 1 aliphatic carbocycles. The Morgan fingerprint density at radius 3 is 2.43 bits per heavy atom. The van der Waals surface area contributed by atoms with E-state index in [1.807, 2.05) is 29.0 Å².